The number of carbonyl (C=O) groups excluding carboxylic acids is 1. The van der Waals surface area contributed by atoms with Crippen LogP contribution in [0.1, 0.15) is 13.3 Å². The van der Waals surface area contributed by atoms with E-state index >= 15 is 0 Å². The van der Waals surface area contributed by atoms with E-state index in [-0.39, 0.29) is 12.5 Å². The third-order valence-corrected chi connectivity index (χ3v) is 2.10. The number of hydrogen-bond donors (Lipinski definition) is 2. The Labute approximate surface area is 101 Å². The van der Waals surface area contributed by atoms with Gasteiger partial charge in [0.25, 0.3) is 0 Å². The molecule has 17 heavy (non-hydrogen) atoms. The quantitative estimate of drug-likeness (QED) is 0.583. The molecule has 5 nitrogen and oxygen atoms in total. The van der Waals surface area contributed by atoms with E-state index in [9.17, 15) is 4.79 Å². The summed E-state index contributed by atoms with van der Waals surface area (Å²) in [7, 11) is 1.54. The Balaban J connectivity index is 2.51. The van der Waals surface area contributed by atoms with Gasteiger partial charge in [-0.1, -0.05) is 6.92 Å². The summed E-state index contributed by atoms with van der Waals surface area (Å²) in [6.07, 6.45) is 0.892. The molecule has 94 valence electrons. The first kappa shape index (κ1) is 13.3. The zero-order valence-corrected chi connectivity index (χ0v) is 10.2. The summed E-state index contributed by atoms with van der Waals surface area (Å²) in [5.41, 5.74) is 6.84. The number of amides is 1. The Bertz CT molecular complexity index is 380. The Hall–Kier alpha value is -1.75. The Morgan fingerprint density at radius 1 is 1.47 bits per heavy atom. The molecule has 1 rings (SSSR count). The van der Waals surface area contributed by atoms with Gasteiger partial charge in [-0.3, -0.25) is 4.79 Å². The number of benzene rings is 1. The summed E-state index contributed by atoms with van der Waals surface area (Å²) in [6.45, 7) is 2.63. The molecule has 1 aromatic carbocycles. The fraction of sp³-hybridized carbons (Fsp3) is 0.417. The van der Waals surface area contributed by atoms with Gasteiger partial charge in [0.2, 0.25) is 5.91 Å². The molecular formula is C12H18N2O3. The highest BCUT2D eigenvalue weighted by molar-refractivity contribution is 5.92. The monoisotopic (exact) mass is 238 g/mol. The van der Waals surface area contributed by atoms with Crippen LogP contribution in [0.4, 0.5) is 11.4 Å². The van der Waals surface area contributed by atoms with E-state index in [2.05, 4.69) is 5.32 Å². The van der Waals surface area contributed by atoms with Crippen molar-refractivity contribution < 1.29 is 14.3 Å². The first-order valence-electron chi connectivity index (χ1n) is 5.48. The van der Waals surface area contributed by atoms with E-state index in [1.165, 1.54) is 0 Å². The van der Waals surface area contributed by atoms with Crippen LogP contribution in [-0.4, -0.2) is 26.2 Å². The minimum absolute atomic E-state index is 0.0553. The van der Waals surface area contributed by atoms with Gasteiger partial charge < -0.3 is 20.5 Å². The highest BCUT2D eigenvalue weighted by atomic mass is 16.5. The molecule has 0 fully saturated rings. The summed E-state index contributed by atoms with van der Waals surface area (Å²) in [6, 6.07) is 5.08. The number of nitrogens with one attached hydrogen (secondary N) is 1. The van der Waals surface area contributed by atoms with Crippen LogP contribution >= 0.6 is 0 Å². The van der Waals surface area contributed by atoms with Crippen molar-refractivity contribution in [2.75, 3.05) is 31.4 Å². The van der Waals surface area contributed by atoms with Crippen LogP contribution in [0, 0.1) is 0 Å². The molecule has 0 atom stereocenters. The van der Waals surface area contributed by atoms with Crippen molar-refractivity contribution in [1.82, 2.24) is 0 Å². The van der Waals surface area contributed by atoms with Crippen LogP contribution in [-0.2, 0) is 9.53 Å². The third kappa shape index (κ3) is 4.32. The molecule has 0 unspecified atom stereocenters. The van der Waals surface area contributed by atoms with Crippen molar-refractivity contribution in [2.24, 2.45) is 0 Å². The van der Waals surface area contributed by atoms with Gasteiger partial charge in [-0.05, 0) is 24.6 Å². The summed E-state index contributed by atoms with van der Waals surface area (Å²) < 4.78 is 10.1. The van der Waals surface area contributed by atoms with Gasteiger partial charge in [0, 0.05) is 12.3 Å². The van der Waals surface area contributed by atoms with Crippen LogP contribution in [0.25, 0.3) is 0 Å². The first-order chi connectivity index (χ1) is 8.17. The summed E-state index contributed by atoms with van der Waals surface area (Å²) in [5, 5.41) is 2.69. The lowest BCUT2D eigenvalue weighted by molar-refractivity contribution is -0.120. The number of rotatable bonds is 6. The fourth-order valence-electron chi connectivity index (χ4n) is 1.32. The highest BCUT2D eigenvalue weighted by Gasteiger charge is 2.04. The maximum absolute atomic E-state index is 11.4. The highest BCUT2D eigenvalue weighted by Crippen LogP contribution is 2.24. The molecule has 3 N–H and O–H groups in total. The van der Waals surface area contributed by atoms with E-state index in [1.807, 2.05) is 6.92 Å². The minimum atomic E-state index is -0.192. The van der Waals surface area contributed by atoms with Gasteiger partial charge >= 0.3 is 0 Å². The van der Waals surface area contributed by atoms with E-state index in [4.69, 9.17) is 15.2 Å². The molecule has 1 amide bonds. The predicted molar refractivity (Wildman–Crippen MR) is 67.1 cm³/mol. The first-order valence-corrected chi connectivity index (χ1v) is 5.48. The molecule has 0 aliphatic rings. The molecule has 0 heterocycles. The number of carbonyl (C=O) groups is 1. The van der Waals surface area contributed by atoms with E-state index in [0.717, 1.165) is 6.42 Å². The van der Waals surface area contributed by atoms with Gasteiger partial charge in [0.15, 0.2) is 0 Å². The average Bonchev–Trinajstić information content (AvgIpc) is 2.29. The van der Waals surface area contributed by atoms with E-state index < -0.39 is 0 Å². The van der Waals surface area contributed by atoms with E-state index in [0.29, 0.717) is 23.7 Å². The summed E-state index contributed by atoms with van der Waals surface area (Å²) >= 11 is 0. The molecule has 5 heteroatoms. The summed E-state index contributed by atoms with van der Waals surface area (Å²) in [5.74, 6) is 0.397. The van der Waals surface area contributed by atoms with Gasteiger partial charge in [-0.2, -0.15) is 0 Å². The van der Waals surface area contributed by atoms with Crippen molar-refractivity contribution in [1.29, 1.82) is 0 Å². The Kier molecular flexibility index (Phi) is 5.29. The lowest BCUT2D eigenvalue weighted by atomic mass is 10.2. The second-order valence-corrected chi connectivity index (χ2v) is 3.56. The smallest absolute Gasteiger partial charge is 0.250 e. The van der Waals surface area contributed by atoms with Crippen LogP contribution in [0.2, 0.25) is 0 Å². The lowest BCUT2D eigenvalue weighted by Gasteiger charge is -2.08. The number of nitrogen functional groups attached to an aromatic ring is 1. The predicted octanol–water partition coefficient (Wildman–Crippen LogP) is 1.64. The zero-order chi connectivity index (χ0) is 12.7. The van der Waals surface area contributed by atoms with Crippen molar-refractivity contribution in [3.05, 3.63) is 18.2 Å². The molecular weight excluding hydrogens is 220 g/mol. The molecule has 0 aromatic heterocycles. The van der Waals surface area contributed by atoms with Gasteiger partial charge in [0.05, 0.1) is 12.8 Å². The fourth-order valence-corrected chi connectivity index (χ4v) is 1.32. The molecule has 0 bridgehead atoms. The number of nitrogens with two attached hydrogens (primary N) is 1. The third-order valence-electron chi connectivity index (χ3n) is 2.10. The van der Waals surface area contributed by atoms with Crippen molar-refractivity contribution >= 4 is 17.3 Å². The molecule has 1 aromatic rings. The zero-order valence-electron chi connectivity index (χ0n) is 10.2. The normalized spacial score (nSPS) is 10.0. The van der Waals surface area contributed by atoms with Crippen molar-refractivity contribution in [3.63, 3.8) is 0 Å². The standard InChI is InChI=1S/C12H18N2O3/c1-3-6-17-8-12(15)14-9-4-5-11(16-2)10(13)7-9/h4-5,7H,3,6,8,13H2,1-2H3,(H,14,15). The van der Waals surface area contributed by atoms with Crippen LogP contribution < -0.4 is 15.8 Å². The second kappa shape index (κ2) is 6.75. The number of hydrogen-bond acceptors (Lipinski definition) is 4. The topological polar surface area (TPSA) is 73.6 Å². The largest absolute Gasteiger partial charge is 0.495 e. The molecule has 0 spiro atoms. The summed E-state index contributed by atoms with van der Waals surface area (Å²) in [4.78, 5) is 11.4. The molecule has 0 saturated carbocycles. The van der Waals surface area contributed by atoms with E-state index in [1.54, 1.807) is 25.3 Å². The second-order valence-electron chi connectivity index (χ2n) is 3.56. The Morgan fingerprint density at radius 3 is 2.82 bits per heavy atom. The number of ether oxygens (including phenoxy) is 2. The maximum Gasteiger partial charge on any atom is 0.250 e. The maximum atomic E-state index is 11.4. The molecule has 0 aliphatic carbocycles. The average molecular weight is 238 g/mol. The Morgan fingerprint density at radius 2 is 2.24 bits per heavy atom. The van der Waals surface area contributed by atoms with Gasteiger partial charge in [-0.25, -0.2) is 0 Å². The molecule has 0 saturated heterocycles. The SMILES string of the molecule is CCCOCC(=O)Nc1ccc(OC)c(N)c1. The number of anilines is 2. The molecule has 0 radical (unpaired) electrons. The molecule has 0 aliphatic heterocycles. The van der Waals surface area contributed by atoms with Crippen molar-refractivity contribution in [3.8, 4) is 5.75 Å². The van der Waals surface area contributed by atoms with Gasteiger partial charge in [0.1, 0.15) is 12.4 Å². The van der Waals surface area contributed by atoms with Crippen LogP contribution in [0.3, 0.4) is 0 Å². The van der Waals surface area contributed by atoms with Gasteiger partial charge in [-0.15, -0.1) is 0 Å². The van der Waals surface area contributed by atoms with Crippen molar-refractivity contribution in [2.45, 2.75) is 13.3 Å². The minimum Gasteiger partial charge on any atom is -0.495 e. The van der Waals surface area contributed by atoms with Crippen LogP contribution in [0.15, 0.2) is 18.2 Å². The lowest BCUT2D eigenvalue weighted by Crippen LogP contribution is -2.18. The number of methoxy groups -OCH3 is 1. The van der Waals surface area contributed by atoms with Crippen LogP contribution in [0.5, 0.6) is 5.75 Å².